The van der Waals surface area contributed by atoms with E-state index in [4.69, 9.17) is 0 Å². The number of hydrogen-bond donors (Lipinski definition) is 1. The molecule has 20 heavy (non-hydrogen) atoms. The van der Waals surface area contributed by atoms with Gasteiger partial charge in [-0.2, -0.15) is 0 Å². The summed E-state index contributed by atoms with van der Waals surface area (Å²) in [6.07, 6.45) is 0. The lowest BCUT2D eigenvalue weighted by atomic mass is 9.86. The molecular formula is C15H24BrNO2S. The second-order valence-electron chi connectivity index (χ2n) is 5.94. The summed E-state index contributed by atoms with van der Waals surface area (Å²) in [4.78, 5) is 0.300. The minimum atomic E-state index is -3.47. The molecule has 0 spiro atoms. The third kappa shape index (κ3) is 4.57. The lowest BCUT2D eigenvalue weighted by Gasteiger charge is -2.25. The molecule has 114 valence electrons. The van der Waals surface area contributed by atoms with Crippen molar-refractivity contribution in [3.63, 3.8) is 0 Å². The molecule has 3 nitrogen and oxygen atoms in total. The van der Waals surface area contributed by atoms with E-state index in [0.29, 0.717) is 33.7 Å². The van der Waals surface area contributed by atoms with Gasteiger partial charge in [-0.15, -0.1) is 0 Å². The van der Waals surface area contributed by atoms with Crippen molar-refractivity contribution >= 4 is 26.0 Å². The first kappa shape index (κ1) is 17.7. The Morgan fingerprint density at radius 2 is 1.70 bits per heavy atom. The fraction of sp³-hybridized carbons (Fsp3) is 0.600. The molecule has 0 fully saturated rings. The quantitative estimate of drug-likeness (QED) is 0.833. The van der Waals surface area contributed by atoms with Crippen molar-refractivity contribution in [2.24, 2.45) is 17.8 Å². The predicted molar refractivity (Wildman–Crippen MR) is 87.2 cm³/mol. The molecule has 5 heteroatoms. The molecule has 0 unspecified atom stereocenters. The average molecular weight is 362 g/mol. The van der Waals surface area contributed by atoms with Gasteiger partial charge in [-0.25, -0.2) is 13.1 Å². The van der Waals surface area contributed by atoms with Gasteiger partial charge in [0.25, 0.3) is 0 Å². The maximum Gasteiger partial charge on any atom is 0.241 e. The van der Waals surface area contributed by atoms with Crippen molar-refractivity contribution < 1.29 is 8.42 Å². The number of hydrogen-bond acceptors (Lipinski definition) is 2. The summed E-state index contributed by atoms with van der Waals surface area (Å²) in [7, 11) is -3.47. The molecule has 0 atom stereocenters. The van der Waals surface area contributed by atoms with Crippen LogP contribution in [0.5, 0.6) is 0 Å². The average Bonchev–Trinajstić information content (AvgIpc) is 2.26. The van der Waals surface area contributed by atoms with Crippen LogP contribution < -0.4 is 4.72 Å². The van der Waals surface area contributed by atoms with Gasteiger partial charge in [0.15, 0.2) is 0 Å². The van der Waals surface area contributed by atoms with E-state index in [-0.39, 0.29) is 0 Å². The monoisotopic (exact) mass is 361 g/mol. The second kappa shape index (κ2) is 7.05. The molecule has 0 aromatic heterocycles. The smallest absolute Gasteiger partial charge is 0.211 e. The SMILES string of the molecule is Cc1ccc(S(=O)(=O)NCC(C(C)C)C(C)C)c(Br)c1. The van der Waals surface area contributed by atoms with E-state index in [9.17, 15) is 8.42 Å². The largest absolute Gasteiger partial charge is 0.241 e. The van der Waals surface area contributed by atoms with Crippen molar-refractivity contribution in [1.29, 1.82) is 0 Å². The van der Waals surface area contributed by atoms with E-state index in [1.807, 2.05) is 19.1 Å². The number of rotatable bonds is 6. The highest BCUT2D eigenvalue weighted by molar-refractivity contribution is 9.10. The van der Waals surface area contributed by atoms with Crippen LogP contribution in [0.4, 0.5) is 0 Å². The second-order valence-corrected chi connectivity index (χ2v) is 8.53. The summed E-state index contributed by atoms with van der Waals surface area (Å²) in [6, 6.07) is 5.26. The van der Waals surface area contributed by atoms with E-state index in [0.717, 1.165) is 5.56 Å². The zero-order valence-electron chi connectivity index (χ0n) is 12.8. The van der Waals surface area contributed by atoms with E-state index in [1.165, 1.54) is 0 Å². The van der Waals surface area contributed by atoms with Crippen LogP contribution in [0.2, 0.25) is 0 Å². The van der Waals surface area contributed by atoms with Crippen LogP contribution >= 0.6 is 15.9 Å². The molecule has 0 saturated heterocycles. The van der Waals surface area contributed by atoms with Gasteiger partial charge in [-0.3, -0.25) is 0 Å². The Hall–Kier alpha value is -0.390. The molecule has 0 heterocycles. The van der Waals surface area contributed by atoms with Crippen molar-refractivity contribution in [3.8, 4) is 0 Å². The van der Waals surface area contributed by atoms with Crippen LogP contribution in [0, 0.1) is 24.7 Å². The van der Waals surface area contributed by atoms with Crippen LogP contribution in [0.1, 0.15) is 33.3 Å². The summed E-state index contributed by atoms with van der Waals surface area (Å²) >= 11 is 3.33. The lowest BCUT2D eigenvalue weighted by molar-refractivity contribution is 0.289. The Kier molecular flexibility index (Phi) is 6.23. The number of halogens is 1. The third-order valence-corrected chi connectivity index (χ3v) is 6.00. The Morgan fingerprint density at radius 1 is 1.15 bits per heavy atom. The summed E-state index contributed by atoms with van der Waals surface area (Å²) in [6.45, 7) is 10.9. The lowest BCUT2D eigenvalue weighted by Crippen LogP contribution is -2.34. The number of sulfonamides is 1. The Balaban J connectivity index is 2.90. The van der Waals surface area contributed by atoms with Crippen LogP contribution in [0.25, 0.3) is 0 Å². The van der Waals surface area contributed by atoms with Crippen LogP contribution in [0.3, 0.4) is 0 Å². The van der Waals surface area contributed by atoms with E-state index < -0.39 is 10.0 Å². The highest BCUT2D eigenvalue weighted by Gasteiger charge is 2.22. The van der Waals surface area contributed by atoms with E-state index >= 15 is 0 Å². The maximum absolute atomic E-state index is 12.4. The maximum atomic E-state index is 12.4. The van der Waals surface area contributed by atoms with Gasteiger partial charge in [0.2, 0.25) is 10.0 Å². The summed E-state index contributed by atoms with van der Waals surface area (Å²) < 4.78 is 28.1. The third-order valence-electron chi connectivity index (χ3n) is 3.60. The van der Waals surface area contributed by atoms with Crippen molar-refractivity contribution in [3.05, 3.63) is 28.2 Å². The molecule has 0 aliphatic rings. The van der Waals surface area contributed by atoms with Gasteiger partial charge in [0.05, 0.1) is 4.90 Å². The zero-order valence-corrected chi connectivity index (χ0v) is 15.2. The molecule has 0 aliphatic carbocycles. The molecule has 1 rings (SSSR count). The molecule has 0 radical (unpaired) electrons. The highest BCUT2D eigenvalue weighted by Crippen LogP contribution is 2.24. The standard InChI is InChI=1S/C15H24BrNO2S/c1-10(2)13(11(3)4)9-17-20(18,19)15-7-6-12(5)8-14(15)16/h6-8,10-11,13,17H,9H2,1-5H3. The minimum absolute atomic E-state index is 0.300. The molecular weight excluding hydrogens is 338 g/mol. The molecule has 0 bridgehead atoms. The first-order valence-corrected chi connectivity index (χ1v) is 9.18. The van der Waals surface area contributed by atoms with Crippen molar-refractivity contribution in [1.82, 2.24) is 4.72 Å². The van der Waals surface area contributed by atoms with Gasteiger partial charge in [0.1, 0.15) is 0 Å². The zero-order chi connectivity index (χ0) is 15.5. The van der Waals surface area contributed by atoms with Crippen molar-refractivity contribution in [2.75, 3.05) is 6.54 Å². The van der Waals surface area contributed by atoms with Gasteiger partial charge in [-0.05, 0) is 58.3 Å². The molecule has 1 N–H and O–H groups in total. The summed E-state index contributed by atoms with van der Waals surface area (Å²) in [5, 5.41) is 0. The predicted octanol–water partition coefficient (Wildman–Crippen LogP) is 3.96. The first-order chi connectivity index (χ1) is 9.15. The van der Waals surface area contributed by atoms with Crippen LogP contribution in [0.15, 0.2) is 27.6 Å². The fourth-order valence-corrected chi connectivity index (χ4v) is 4.61. The normalized spacial score (nSPS) is 12.7. The topological polar surface area (TPSA) is 46.2 Å². The number of aryl methyl sites for hydroxylation is 1. The van der Waals surface area contributed by atoms with Crippen molar-refractivity contribution in [2.45, 2.75) is 39.5 Å². The Morgan fingerprint density at radius 3 is 2.15 bits per heavy atom. The Bertz CT molecular complexity index is 545. The fourth-order valence-electron chi connectivity index (χ4n) is 2.35. The van der Waals surface area contributed by atoms with E-state index in [1.54, 1.807) is 6.07 Å². The first-order valence-electron chi connectivity index (χ1n) is 6.91. The summed E-state index contributed by atoms with van der Waals surface area (Å²) in [5.74, 6) is 1.22. The van der Waals surface area contributed by atoms with Gasteiger partial charge >= 0.3 is 0 Å². The minimum Gasteiger partial charge on any atom is -0.211 e. The number of benzene rings is 1. The molecule has 1 aromatic carbocycles. The van der Waals surface area contributed by atoms with Gasteiger partial charge < -0.3 is 0 Å². The molecule has 0 amide bonds. The van der Waals surface area contributed by atoms with Crippen LogP contribution in [-0.4, -0.2) is 15.0 Å². The molecule has 1 aromatic rings. The highest BCUT2D eigenvalue weighted by atomic mass is 79.9. The molecule has 0 saturated carbocycles. The van der Waals surface area contributed by atoms with Gasteiger partial charge in [0, 0.05) is 11.0 Å². The summed E-state index contributed by atoms with van der Waals surface area (Å²) in [5.41, 5.74) is 1.03. The van der Waals surface area contributed by atoms with Crippen LogP contribution in [-0.2, 0) is 10.0 Å². The van der Waals surface area contributed by atoms with E-state index in [2.05, 4.69) is 48.3 Å². The number of nitrogens with one attached hydrogen (secondary N) is 1. The molecule has 0 aliphatic heterocycles. The van der Waals surface area contributed by atoms with Gasteiger partial charge in [-0.1, -0.05) is 33.8 Å². The Labute approximate surface area is 131 Å².